The van der Waals surface area contributed by atoms with Crippen molar-refractivity contribution < 1.29 is 17.6 Å². The third-order valence-electron chi connectivity index (χ3n) is 3.78. The molecular formula is C15H13F4N. The molecule has 0 N–H and O–H groups in total. The first-order valence-corrected chi connectivity index (χ1v) is 6.43. The molecule has 0 spiro atoms. The van der Waals surface area contributed by atoms with Gasteiger partial charge in [0.2, 0.25) is 0 Å². The largest absolute Gasteiger partial charge is 0.266 e. The predicted octanol–water partition coefficient (Wildman–Crippen LogP) is 4.89. The molecule has 0 bridgehead atoms. The summed E-state index contributed by atoms with van der Waals surface area (Å²) in [6.07, 6.45) is 1.65. The summed E-state index contributed by atoms with van der Waals surface area (Å²) in [5.74, 6) is -1.93. The average Bonchev–Trinajstić information content (AvgIpc) is 2.38. The van der Waals surface area contributed by atoms with Crippen molar-refractivity contribution in [2.45, 2.75) is 31.6 Å². The maximum atomic E-state index is 13.5. The molecule has 0 saturated heterocycles. The van der Waals surface area contributed by atoms with Crippen LogP contribution in [0.5, 0.6) is 0 Å². The Morgan fingerprint density at radius 2 is 1.65 bits per heavy atom. The van der Waals surface area contributed by atoms with Gasteiger partial charge < -0.3 is 0 Å². The summed E-state index contributed by atoms with van der Waals surface area (Å²) in [7, 11) is 0. The monoisotopic (exact) mass is 283 g/mol. The van der Waals surface area contributed by atoms with Crippen LogP contribution in [0.15, 0.2) is 24.3 Å². The second kappa shape index (κ2) is 6.08. The zero-order valence-electron chi connectivity index (χ0n) is 10.7. The van der Waals surface area contributed by atoms with Gasteiger partial charge in [0, 0.05) is 0 Å². The van der Waals surface area contributed by atoms with Crippen LogP contribution >= 0.6 is 0 Å². The van der Waals surface area contributed by atoms with E-state index >= 15 is 0 Å². The highest BCUT2D eigenvalue weighted by Crippen LogP contribution is 2.37. The normalized spacial score (nSPS) is 22.1. The lowest BCUT2D eigenvalue weighted by Crippen LogP contribution is -2.12. The van der Waals surface area contributed by atoms with Crippen LogP contribution in [0.2, 0.25) is 0 Å². The van der Waals surface area contributed by atoms with Crippen LogP contribution in [0, 0.1) is 28.9 Å². The molecule has 0 radical (unpaired) electrons. The highest BCUT2D eigenvalue weighted by molar-refractivity contribution is 5.36. The molecule has 20 heavy (non-hydrogen) atoms. The molecule has 1 nitrogen and oxygen atoms in total. The Bertz CT molecular complexity index is 539. The second-order valence-electron chi connectivity index (χ2n) is 5.04. The van der Waals surface area contributed by atoms with E-state index in [1.54, 1.807) is 0 Å². The van der Waals surface area contributed by atoms with Crippen LogP contribution in [0.4, 0.5) is 17.6 Å². The minimum atomic E-state index is -1.68. The van der Waals surface area contributed by atoms with Gasteiger partial charge >= 0.3 is 0 Å². The number of allylic oxidation sites excluding steroid dienone is 1. The standard InChI is InChI=1S/C15H13F4N/c16-13-6-11(7-14(17)12(13)8-20)10-3-1-9(2-4-10)5-15(18)19/h5-7,9-10H,1-4H2. The minimum absolute atomic E-state index is 0.0425. The SMILES string of the molecule is N#Cc1c(F)cc(C2CCC(C=C(F)F)CC2)cc1F. The van der Waals surface area contributed by atoms with Crippen LogP contribution in [-0.2, 0) is 0 Å². The lowest BCUT2D eigenvalue weighted by molar-refractivity contribution is 0.350. The van der Waals surface area contributed by atoms with Gasteiger partial charge in [-0.05, 0) is 61.3 Å². The summed E-state index contributed by atoms with van der Waals surface area (Å²) in [6.45, 7) is 0. The molecule has 1 saturated carbocycles. The highest BCUT2D eigenvalue weighted by atomic mass is 19.3. The molecule has 0 unspecified atom stereocenters. The Morgan fingerprint density at radius 1 is 1.10 bits per heavy atom. The van der Waals surface area contributed by atoms with E-state index < -0.39 is 23.3 Å². The van der Waals surface area contributed by atoms with Crippen LogP contribution in [0.1, 0.15) is 42.7 Å². The third-order valence-corrected chi connectivity index (χ3v) is 3.78. The number of halogens is 4. The second-order valence-corrected chi connectivity index (χ2v) is 5.04. The molecule has 2 rings (SSSR count). The molecule has 1 aromatic carbocycles. The van der Waals surface area contributed by atoms with Crippen LogP contribution < -0.4 is 0 Å². The molecule has 0 amide bonds. The number of nitriles is 1. The van der Waals surface area contributed by atoms with Gasteiger partial charge in [0.1, 0.15) is 23.3 Å². The summed E-state index contributed by atoms with van der Waals surface area (Å²) in [6, 6.07) is 3.84. The zero-order chi connectivity index (χ0) is 14.7. The van der Waals surface area contributed by atoms with Gasteiger partial charge in [-0.2, -0.15) is 14.0 Å². The Kier molecular flexibility index (Phi) is 4.43. The van der Waals surface area contributed by atoms with Gasteiger partial charge in [0.05, 0.1) is 0 Å². The van der Waals surface area contributed by atoms with E-state index in [1.807, 2.05) is 0 Å². The van der Waals surface area contributed by atoms with Crippen LogP contribution in [0.3, 0.4) is 0 Å². The fourth-order valence-corrected chi connectivity index (χ4v) is 2.73. The number of benzene rings is 1. The fraction of sp³-hybridized carbons (Fsp3) is 0.400. The molecule has 0 atom stereocenters. The molecule has 1 aliphatic rings. The van der Waals surface area contributed by atoms with Gasteiger partial charge in [-0.15, -0.1) is 0 Å². The summed E-state index contributed by atoms with van der Waals surface area (Å²) < 4.78 is 51.4. The Morgan fingerprint density at radius 3 is 2.10 bits per heavy atom. The zero-order valence-corrected chi connectivity index (χ0v) is 10.7. The molecule has 0 aliphatic heterocycles. The van der Waals surface area contributed by atoms with E-state index in [2.05, 4.69) is 0 Å². The van der Waals surface area contributed by atoms with E-state index in [0.29, 0.717) is 31.2 Å². The smallest absolute Gasteiger partial charge is 0.205 e. The van der Waals surface area contributed by atoms with E-state index in [-0.39, 0.29) is 11.8 Å². The first-order valence-electron chi connectivity index (χ1n) is 6.43. The number of hydrogen-bond donors (Lipinski definition) is 0. The third kappa shape index (κ3) is 3.19. The van der Waals surface area contributed by atoms with Crippen molar-refractivity contribution in [1.82, 2.24) is 0 Å². The molecule has 1 aliphatic carbocycles. The first-order chi connectivity index (χ1) is 9.51. The quantitative estimate of drug-likeness (QED) is 0.709. The topological polar surface area (TPSA) is 23.8 Å². The van der Waals surface area contributed by atoms with Crippen LogP contribution in [-0.4, -0.2) is 0 Å². The van der Waals surface area contributed by atoms with Gasteiger partial charge in [-0.1, -0.05) is 0 Å². The number of rotatable bonds is 2. The van der Waals surface area contributed by atoms with Crippen molar-refractivity contribution in [1.29, 1.82) is 5.26 Å². The maximum absolute atomic E-state index is 13.5. The van der Waals surface area contributed by atoms with E-state index in [0.717, 1.165) is 6.08 Å². The van der Waals surface area contributed by atoms with Crippen molar-refractivity contribution in [3.63, 3.8) is 0 Å². The molecule has 0 aromatic heterocycles. The van der Waals surface area contributed by atoms with Gasteiger partial charge in [-0.25, -0.2) is 8.78 Å². The minimum Gasteiger partial charge on any atom is -0.205 e. The summed E-state index contributed by atoms with van der Waals surface area (Å²) >= 11 is 0. The van der Waals surface area contributed by atoms with Gasteiger partial charge in [0.15, 0.2) is 0 Å². The Balaban J connectivity index is 2.12. The van der Waals surface area contributed by atoms with Crippen molar-refractivity contribution in [3.8, 4) is 6.07 Å². The lowest BCUT2D eigenvalue weighted by atomic mass is 9.78. The molecular weight excluding hydrogens is 270 g/mol. The summed E-state index contributed by atoms with van der Waals surface area (Å²) in [5.41, 5.74) is -0.0768. The van der Waals surface area contributed by atoms with E-state index in [4.69, 9.17) is 5.26 Å². The van der Waals surface area contributed by atoms with E-state index in [1.165, 1.54) is 18.2 Å². The Hall–Kier alpha value is -1.83. The summed E-state index contributed by atoms with van der Waals surface area (Å²) in [4.78, 5) is 0. The van der Waals surface area contributed by atoms with Crippen molar-refractivity contribution >= 4 is 0 Å². The maximum Gasteiger partial charge on any atom is 0.266 e. The number of nitrogens with zero attached hydrogens (tertiary/aromatic N) is 1. The molecule has 1 aromatic rings. The lowest BCUT2D eigenvalue weighted by Gasteiger charge is -2.27. The summed E-state index contributed by atoms with van der Waals surface area (Å²) in [5, 5.41) is 8.61. The fourth-order valence-electron chi connectivity index (χ4n) is 2.73. The predicted molar refractivity (Wildman–Crippen MR) is 66.1 cm³/mol. The van der Waals surface area contributed by atoms with Crippen molar-refractivity contribution in [2.75, 3.05) is 0 Å². The Labute approximate surface area is 114 Å². The first kappa shape index (κ1) is 14.6. The van der Waals surface area contributed by atoms with Gasteiger partial charge in [0.25, 0.3) is 6.08 Å². The molecule has 5 heteroatoms. The molecule has 1 fully saturated rings. The van der Waals surface area contributed by atoms with Crippen molar-refractivity contribution in [3.05, 3.63) is 47.1 Å². The van der Waals surface area contributed by atoms with Crippen LogP contribution in [0.25, 0.3) is 0 Å². The van der Waals surface area contributed by atoms with E-state index in [9.17, 15) is 17.6 Å². The molecule has 0 heterocycles. The average molecular weight is 283 g/mol. The van der Waals surface area contributed by atoms with Crippen molar-refractivity contribution in [2.24, 2.45) is 5.92 Å². The number of hydrogen-bond acceptors (Lipinski definition) is 1. The highest BCUT2D eigenvalue weighted by Gasteiger charge is 2.23. The molecule has 106 valence electrons. The van der Waals surface area contributed by atoms with Gasteiger partial charge in [-0.3, -0.25) is 0 Å².